The Balaban J connectivity index is 1.44. The molecule has 0 aliphatic heterocycles. The van der Waals surface area contributed by atoms with E-state index >= 15 is 0 Å². The van der Waals surface area contributed by atoms with E-state index in [9.17, 15) is 9.90 Å². The van der Waals surface area contributed by atoms with E-state index in [2.05, 4.69) is 10.1 Å². The van der Waals surface area contributed by atoms with Crippen LogP contribution in [0.4, 0.5) is 0 Å². The fourth-order valence-electron chi connectivity index (χ4n) is 3.06. The van der Waals surface area contributed by atoms with Gasteiger partial charge in [0, 0.05) is 12.6 Å². The highest BCUT2D eigenvalue weighted by atomic mass is 16.5. The molecule has 0 heterocycles. The summed E-state index contributed by atoms with van der Waals surface area (Å²) in [5.74, 6) is 1.88. The summed E-state index contributed by atoms with van der Waals surface area (Å²) in [6.07, 6.45) is -0.432. The highest BCUT2D eigenvalue weighted by Gasteiger charge is 2.11. The highest BCUT2D eigenvalue weighted by Crippen LogP contribution is 2.24. The van der Waals surface area contributed by atoms with Crippen molar-refractivity contribution >= 4 is 5.97 Å². The van der Waals surface area contributed by atoms with Gasteiger partial charge in [-0.25, -0.2) is 0 Å². The number of esters is 1. The van der Waals surface area contributed by atoms with Crippen molar-refractivity contribution in [1.29, 1.82) is 0 Å². The summed E-state index contributed by atoms with van der Waals surface area (Å²) in [5, 5.41) is 13.9. The molecule has 2 N–H and O–H groups in total. The predicted octanol–water partition coefficient (Wildman–Crippen LogP) is 4.28. The van der Waals surface area contributed by atoms with Gasteiger partial charge >= 0.3 is 5.97 Å². The van der Waals surface area contributed by atoms with E-state index in [1.54, 1.807) is 0 Å². The highest BCUT2D eigenvalue weighted by molar-refractivity contribution is 5.72. The van der Waals surface area contributed by atoms with Crippen LogP contribution in [0.25, 0.3) is 0 Å². The molecule has 0 fully saturated rings. The minimum atomic E-state index is -0.672. The standard InChI is InChI=1S/C26H29NO5/c1-19(18-31-22-13-11-20(12-14-22)15-26(29)30-2)27-17-25(28)21-7-6-10-24(16-21)32-23-8-4-3-5-9-23/h3-14,16,19,25,27-28H,15,17-18H2,1-2H3. The molecule has 0 aromatic heterocycles. The van der Waals surface area contributed by atoms with Crippen LogP contribution in [0.15, 0.2) is 78.9 Å². The van der Waals surface area contributed by atoms with Gasteiger partial charge in [0.1, 0.15) is 23.9 Å². The van der Waals surface area contributed by atoms with E-state index in [0.29, 0.717) is 18.9 Å². The molecule has 0 radical (unpaired) electrons. The van der Waals surface area contributed by atoms with Crippen molar-refractivity contribution in [2.45, 2.75) is 25.5 Å². The third kappa shape index (κ3) is 7.41. The van der Waals surface area contributed by atoms with Gasteiger partial charge in [-0.3, -0.25) is 4.79 Å². The molecule has 6 nitrogen and oxygen atoms in total. The lowest BCUT2D eigenvalue weighted by molar-refractivity contribution is -0.139. The van der Waals surface area contributed by atoms with E-state index in [4.69, 9.17) is 9.47 Å². The van der Waals surface area contributed by atoms with E-state index in [0.717, 1.165) is 22.6 Å². The first kappa shape index (κ1) is 23.3. The second-order valence-electron chi connectivity index (χ2n) is 7.52. The summed E-state index contributed by atoms with van der Waals surface area (Å²) in [4.78, 5) is 11.3. The molecule has 6 heteroatoms. The van der Waals surface area contributed by atoms with Crippen LogP contribution in [0.2, 0.25) is 0 Å². The predicted molar refractivity (Wildman–Crippen MR) is 123 cm³/mol. The third-order valence-electron chi connectivity index (χ3n) is 4.88. The fraction of sp³-hybridized carbons (Fsp3) is 0.269. The van der Waals surface area contributed by atoms with Gasteiger partial charge in [-0.15, -0.1) is 0 Å². The molecule has 0 amide bonds. The van der Waals surface area contributed by atoms with Crippen LogP contribution in [-0.4, -0.2) is 37.4 Å². The summed E-state index contributed by atoms with van der Waals surface area (Å²) < 4.78 is 16.3. The quantitative estimate of drug-likeness (QED) is 0.438. The molecule has 2 atom stereocenters. The summed E-state index contributed by atoms with van der Waals surface area (Å²) in [5.41, 5.74) is 1.65. The number of aliphatic hydroxyl groups excluding tert-OH is 1. The third-order valence-corrected chi connectivity index (χ3v) is 4.88. The largest absolute Gasteiger partial charge is 0.492 e. The molecular weight excluding hydrogens is 406 g/mol. The molecule has 3 rings (SSSR count). The van der Waals surface area contributed by atoms with Crippen LogP contribution < -0.4 is 14.8 Å². The van der Waals surface area contributed by atoms with Gasteiger partial charge < -0.3 is 24.6 Å². The van der Waals surface area contributed by atoms with Gasteiger partial charge in [-0.2, -0.15) is 0 Å². The first-order chi connectivity index (χ1) is 15.5. The lowest BCUT2D eigenvalue weighted by Crippen LogP contribution is -2.34. The average molecular weight is 436 g/mol. The molecule has 2 unspecified atom stereocenters. The minimum Gasteiger partial charge on any atom is -0.492 e. The van der Waals surface area contributed by atoms with Crippen molar-refractivity contribution in [2.24, 2.45) is 0 Å². The van der Waals surface area contributed by atoms with Crippen molar-refractivity contribution in [1.82, 2.24) is 5.32 Å². The van der Waals surface area contributed by atoms with Crippen molar-refractivity contribution in [3.8, 4) is 17.2 Å². The Labute approximate surface area is 188 Å². The number of hydrogen-bond acceptors (Lipinski definition) is 6. The minimum absolute atomic E-state index is 0.0307. The monoisotopic (exact) mass is 435 g/mol. The molecule has 0 spiro atoms. The molecule has 0 saturated carbocycles. The van der Waals surface area contributed by atoms with E-state index in [1.165, 1.54) is 7.11 Å². The van der Waals surface area contributed by atoms with Crippen LogP contribution in [0, 0.1) is 0 Å². The molecule has 0 saturated heterocycles. The molecule has 32 heavy (non-hydrogen) atoms. The van der Waals surface area contributed by atoms with Crippen molar-refractivity contribution in [3.05, 3.63) is 90.0 Å². The number of nitrogens with one attached hydrogen (secondary N) is 1. The Bertz CT molecular complexity index is 975. The zero-order valence-electron chi connectivity index (χ0n) is 18.4. The number of methoxy groups -OCH3 is 1. The second kappa shape index (κ2) is 11.9. The fourth-order valence-corrected chi connectivity index (χ4v) is 3.06. The number of benzene rings is 3. The molecule has 0 aliphatic carbocycles. The molecular formula is C26H29NO5. The molecule has 0 bridgehead atoms. The molecule has 3 aromatic rings. The van der Waals surface area contributed by atoms with E-state index in [-0.39, 0.29) is 18.4 Å². The topological polar surface area (TPSA) is 77.0 Å². The van der Waals surface area contributed by atoms with Crippen molar-refractivity contribution in [3.63, 3.8) is 0 Å². The Morgan fingerprint density at radius 1 is 0.938 bits per heavy atom. The van der Waals surface area contributed by atoms with E-state index in [1.807, 2.05) is 85.8 Å². The van der Waals surface area contributed by atoms with Gasteiger partial charge in [-0.1, -0.05) is 42.5 Å². The smallest absolute Gasteiger partial charge is 0.309 e. The van der Waals surface area contributed by atoms with Crippen LogP contribution in [-0.2, 0) is 16.0 Å². The van der Waals surface area contributed by atoms with Crippen LogP contribution >= 0.6 is 0 Å². The number of hydrogen-bond donors (Lipinski definition) is 2. The Kier molecular flexibility index (Phi) is 8.66. The summed E-state index contributed by atoms with van der Waals surface area (Å²) in [7, 11) is 1.38. The number of carbonyl (C=O) groups is 1. The Morgan fingerprint density at radius 2 is 1.66 bits per heavy atom. The first-order valence-corrected chi connectivity index (χ1v) is 10.6. The van der Waals surface area contributed by atoms with E-state index < -0.39 is 6.10 Å². The van der Waals surface area contributed by atoms with Crippen LogP contribution in [0.3, 0.4) is 0 Å². The maximum Gasteiger partial charge on any atom is 0.309 e. The Hall–Kier alpha value is -3.35. The molecule has 3 aromatic carbocycles. The SMILES string of the molecule is COC(=O)Cc1ccc(OCC(C)NCC(O)c2cccc(Oc3ccccc3)c2)cc1. The van der Waals surface area contributed by atoms with Gasteiger partial charge in [-0.05, 0) is 54.4 Å². The maximum atomic E-state index is 11.3. The average Bonchev–Trinajstić information content (AvgIpc) is 2.82. The summed E-state index contributed by atoms with van der Waals surface area (Å²) in [6.45, 7) is 2.82. The summed E-state index contributed by atoms with van der Waals surface area (Å²) in [6, 6.07) is 24.4. The Morgan fingerprint density at radius 3 is 2.38 bits per heavy atom. The lowest BCUT2D eigenvalue weighted by Gasteiger charge is -2.18. The maximum absolute atomic E-state index is 11.3. The zero-order chi connectivity index (χ0) is 22.8. The van der Waals surface area contributed by atoms with Gasteiger partial charge in [0.05, 0.1) is 19.6 Å². The molecule has 168 valence electrons. The van der Waals surface area contributed by atoms with Crippen LogP contribution in [0.5, 0.6) is 17.2 Å². The zero-order valence-corrected chi connectivity index (χ0v) is 18.4. The number of carbonyl (C=O) groups excluding carboxylic acids is 1. The van der Waals surface area contributed by atoms with Gasteiger partial charge in [0.15, 0.2) is 0 Å². The number of para-hydroxylation sites is 1. The van der Waals surface area contributed by atoms with Gasteiger partial charge in [0.2, 0.25) is 0 Å². The normalized spacial score (nSPS) is 12.6. The number of ether oxygens (including phenoxy) is 3. The number of aliphatic hydroxyl groups is 1. The van der Waals surface area contributed by atoms with Crippen LogP contribution in [0.1, 0.15) is 24.2 Å². The lowest BCUT2D eigenvalue weighted by atomic mass is 10.1. The van der Waals surface area contributed by atoms with Crippen molar-refractivity contribution in [2.75, 3.05) is 20.3 Å². The van der Waals surface area contributed by atoms with Crippen molar-refractivity contribution < 1.29 is 24.1 Å². The van der Waals surface area contributed by atoms with Gasteiger partial charge in [0.25, 0.3) is 0 Å². The number of rotatable bonds is 11. The second-order valence-corrected chi connectivity index (χ2v) is 7.52. The summed E-state index contributed by atoms with van der Waals surface area (Å²) >= 11 is 0. The first-order valence-electron chi connectivity index (χ1n) is 10.6. The molecule has 0 aliphatic rings.